The Bertz CT molecular complexity index is 331. The summed E-state index contributed by atoms with van der Waals surface area (Å²) in [4.78, 5) is 6.91. The molecule has 102 valence electrons. The third-order valence-electron chi connectivity index (χ3n) is 2.76. The van der Waals surface area contributed by atoms with E-state index < -0.39 is 0 Å². The van der Waals surface area contributed by atoms with Gasteiger partial charge in [0.1, 0.15) is 5.82 Å². The minimum absolute atomic E-state index is 0.753. The summed E-state index contributed by atoms with van der Waals surface area (Å²) in [6.45, 7) is 11.4. The number of nitrogens with zero attached hydrogens (tertiary/aromatic N) is 2. The number of likely N-dealkylation sites (N-methyl/N-ethyl adjacent to an activating group) is 1. The quantitative estimate of drug-likeness (QED) is 0.682. The van der Waals surface area contributed by atoms with Crippen molar-refractivity contribution in [2.45, 2.75) is 27.3 Å². The SMILES string of the molecule is CCNCc1cccc(N(CC)CCOCC)n1. The zero-order valence-corrected chi connectivity index (χ0v) is 11.8. The van der Waals surface area contributed by atoms with Crippen molar-refractivity contribution in [2.75, 3.05) is 37.7 Å². The van der Waals surface area contributed by atoms with Crippen molar-refractivity contribution < 1.29 is 4.74 Å². The van der Waals surface area contributed by atoms with Crippen molar-refractivity contribution in [3.8, 4) is 0 Å². The topological polar surface area (TPSA) is 37.4 Å². The molecule has 0 saturated heterocycles. The lowest BCUT2D eigenvalue weighted by atomic mass is 10.3. The van der Waals surface area contributed by atoms with Gasteiger partial charge in [0.05, 0.1) is 12.3 Å². The van der Waals surface area contributed by atoms with Crippen LogP contribution in [0.15, 0.2) is 18.2 Å². The zero-order valence-electron chi connectivity index (χ0n) is 11.8. The number of anilines is 1. The number of aromatic nitrogens is 1. The van der Waals surface area contributed by atoms with Gasteiger partial charge in [-0.2, -0.15) is 0 Å². The first-order chi connectivity index (χ1) is 8.81. The normalized spacial score (nSPS) is 10.6. The summed E-state index contributed by atoms with van der Waals surface area (Å²) in [6.07, 6.45) is 0. The second-order valence-electron chi connectivity index (χ2n) is 4.04. The van der Waals surface area contributed by atoms with Gasteiger partial charge in [0.25, 0.3) is 0 Å². The third-order valence-corrected chi connectivity index (χ3v) is 2.76. The van der Waals surface area contributed by atoms with Crippen LogP contribution in [0.3, 0.4) is 0 Å². The van der Waals surface area contributed by atoms with Crippen LogP contribution in [0.5, 0.6) is 0 Å². The lowest BCUT2D eigenvalue weighted by molar-refractivity contribution is 0.154. The molecule has 4 heteroatoms. The molecule has 0 saturated carbocycles. The van der Waals surface area contributed by atoms with Gasteiger partial charge in [-0.25, -0.2) is 4.98 Å². The van der Waals surface area contributed by atoms with Crippen molar-refractivity contribution in [1.29, 1.82) is 0 Å². The summed E-state index contributed by atoms with van der Waals surface area (Å²) in [7, 11) is 0. The van der Waals surface area contributed by atoms with Gasteiger partial charge >= 0.3 is 0 Å². The average molecular weight is 251 g/mol. The summed E-state index contributed by atoms with van der Waals surface area (Å²) in [5, 5.41) is 3.30. The van der Waals surface area contributed by atoms with E-state index in [1.807, 2.05) is 6.92 Å². The summed E-state index contributed by atoms with van der Waals surface area (Å²) in [5.41, 5.74) is 1.09. The largest absolute Gasteiger partial charge is 0.380 e. The molecule has 0 radical (unpaired) electrons. The van der Waals surface area contributed by atoms with Crippen molar-refractivity contribution >= 4 is 5.82 Å². The Morgan fingerprint density at radius 3 is 2.78 bits per heavy atom. The molecule has 1 rings (SSSR count). The lowest BCUT2D eigenvalue weighted by Gasteiger charge is -2.22. The van der Waals surface area contributed by atoms with Gasteiger partial charge in [0.2, 0.25) is 0 Å². The molecular formula is C14H25N3O. The number of ether oxygens (including phenoxy) is 1. The fourth-order valence-electron chi connectivity index (χ4n) is 1.75. The van der Waals surface area contributed by atoms with Crippen molar-refractivity contribution in [2.24, 2.45) is 0 Å². The smallest absolute Gasteiger partial charge is 0.128 e. The molecule has 4 nitrogen and oxygen atoms in total. The van der Waals surface area contributed by atoms with E-state index in [1.165, 1.54) is 0 Å². The van der Waals surface area contributed by atoms with Crippen LogP contribution in [0, 0.1) is 0 Å². The van der Waals surface area contributed by atoms with E-state index in [4.69, 9.17) is 4.74 Å². The molecule has 0 unspecified atom stereocenters. The van der Waals surface area contributed by atoms with Gasteiger partial charge in [-0.05, 0) is 32.5 Å². The molecule has 18 heavy (non-hydrogen) atoms. The maximum absolute atomic E-state index is 5.40. The Balaban J connectivity index is 2.60. The predicted molar refractivity (Wildman–Crippen MR) is 76.0 cm³/mol. The summed E-state index contributed by atoms with van der Waals surface area (Å²) >= 11 is 0. The van der Waals surface area contributed by atoms with Crippen molar-refractivity contribution in [3.63, 3.8) is 0 Å². The first kappa shape index (κ1) is 14.9. The van der Waals surface area contributed by atoms with Crippen LogP contribution in [0.25, 0.3) is 0 Å². The molecule has 0 fully saturated rings. The van der Waals surface area contributed by atoms with E-state index in [9.17, 15) is 0 Å². The highest BCUT2D eigenvalue weighted by atomic mass is 16.5. The first-order valence-corrected chi connectivity index (χ1v) is 6.81. The molecule has 1 aromatic heterocycles. The number of hydrogen-bond acceptors (Lipinski definition) is 4. The number of pyridine rings is 1. The Morgan fingerprint density at radius 2 is 2.11 bits per heavy atom. The minimum Gasteiger partial charge on any atom is -0.380 e. The molecule has 1 aromatic rings. The molecule has 0 aliphatic heterocycles. The molecule has 0 spiro atoms. The fourth-order valence-corrected chi connectivity index (χ4v) is 1.75. The van der Waals surface area contributed by atoms with Crippen molar-refractivity contribution in [1.82, 2.24) is 10.3 Å². The number of nitrogens with one attached hydrogen (secondary N) is 1. The number of rotatable bonds is 9. The van der Waals surface area contributed by atoms with Crippen LogP contribution in [-0.2, 0) is 11.3 Å². The predicted octanol–water partition coefficient (Wildman–Crippen LogP) is 2.05. The average Bonchev–Trinajstić information content (AvgIpc) is 2.42. The van der Waals surface area contributed by atoms with E-state index in [1.54, 1.807) is 0 Å². The third kappa shape index (κ3) is 5.02. The van der Waals surface area contributed by atoms with Gasteiger partial charge in [0, 0.05) is 26.2 Å². The van der Waals surface area contributed by atoms with E-state index in [-0.39, 0.29) is 0 Å². The molecule has 0 aliphatic carbocycles. The Labute approximate surface area is 110 Å². The fraction of sp³-hybridized carbons (Fsp3) is 0.643. The van der Waals surface area contributed by atoms with Gasteiger partial charge in [-0.1, -0.05) is 13.0 Å². The highest BCUT2D eigenvalue weighted by molar-refractivity contribution is 5.39. The van der Waals surface area contributed by atoms with Crippen LogP contribution in [-0.4, -0.2) is 37.8 Å². The zero-order chi connectivity index (χ0) is 13.2. The molecule has 0 atom stereocenters. The van der Waals surface area contributed by atoms with Crippen LogP contribution < -0.4 is 10.2 Å². The van der Waals surface area contributed by atoms with E-state index in [0.717, 1.165) is 50.9 Å². The lowest BCUT2D eigenvalue weighted by Crippen LogP contribution is -2.28. The molecule has 0 aromatic carbocycles. The molecule has 0 aliphatic rings. The van der Waals surface area contributed by atoms with Crippen LogP contribution in [0.4, 0.5) is 5.82 Å². The van der Waals surface area contributed by atoms with E-state index in [0.29, 0.717) is 0 Å². The van der Waals surface area contributed by atoms with Gasteiger partial charge in [-0.3, -0.25) is 0 Å². The highest BCUT2D eigenvalue weighted by Gasteiger charge is 2.06. The van der Waals surface area contributed by atoms with Crippen LogP contribution in [0.1, 0.15) is 26.5 Å². The second-order valence-corrected chi connectivity index (χ2v) is 4.04. The van der Waals surface area contributed by atoms with Gasteiger partial charge < -0.3 is 15.0 Å². The van der Waals surface area contributed by atoms with Crippen LogP contribution >= 0.6 is 0 Å². The van der Waals surface area contributed by atoms with Gasteiger partial charge in [-0.15, -0.1) is 0 Å². The Kier molecular flexibility index (Phi) is 7.37. The van der Waals surface area contributed by atoms with E-state index >= 15 is 0 Å². The van der Waals surface area contributed by atoms with Crippen LogP contribution in [0.2, 0.25) is 0 Å². The monoisotopic (exact) mass is 251 g/mol. The highest BCUT2D eigenvalue weighted by Crippen LogP contribution is 2.11. The number of hydrogen-bond donors (Lipinski definition) is 1. The Morgan fingerprint density at radius 1 is 1.28 bits per heavy atom. The summed E-state index contributed by atoms with van der Waals surface area (Å²) in [6, 6.07) is 6.19. The summed E-state index contributed by atoms with van der Waals surface area (Å²) in [5.74, 6) is 1.03. The molecule has 0 amide bonds. The van der Waals surface area contributed by atoms with Gasteiger partial charge in [0.15, 0.2) is 0 Å². The first-order valence-electron chi connectivity index (χ1n) is 6.81. The van der Waals surface area contributed by atoms with E-state index in [2.05, 4.69) is 47.2 Å². The standard InChI is InChI=1S/C14H25N3O/c1-4-15-12-13-8-7-9-14(16-13)17(5-2)10-11-18-6-3/h7-9,15H,4-6,10-12H2,1-3H3. The molecule has 0 bridgehead atoms. The molecular weight excluding hydrogens is 226 g/mol. The Hall–Kier alpha value is -1.13. The second kappa shape index (κ2) is 8.89. The minimum atomic E-state index is 0.753. The maximum atomic E-state index is 5.40. The van der Waals surface area contributed by atoms with Crippen molar-refractivity contribution in [3.05, 3.63) is 23.9 Å². The summed E-state index contributed by atoms with van der Waals surface area (Å²) < 4.78 is 5.40. The molecule has 1 N–H and O–H groups in total. The maximum Gasteiger partial charge on any atom is 0.128 e. The molecule has 1 heterocycles.